The smallest absolute Gasteiger partial charge is 0.224 e. The van der Waals surface area contributed by atoms with Crippen LogP contribution in [0.2, 0.25) is 0 Å². The third kappa shape index (κ3) is 2.84. The Morgan fingerprint density at radius 3 is 2.94 bits per heavy atom. The SMILES string of the molecule is CCCNc1ncc(Br)c(NC2CCC2)n1. The highest BCUT2D eigenvalue weighted by Crippen LogP contribution is 2.26. The van der Waals surface area contributed by atoms with Crippen LogP contribution in [0.4, 0.5) is 11.8 Å². The van der Waals surface area contributed by atoms with Gasteiger partial charge < -0.3 is 10.6 Å². The molecule has 0 bridgehead atoms. The molecule has 0 atom stereocenters. The summed E-state index contributed by atoms with van der Waals surface area (Å²) in [5.41, 5.74) is 0. The van der Waals surface area contributed by atoms with E-state index in [1.54, 1.807) is 6.20 Å². The van der Waals surface area contributed by atoms with Crippen LogP contribution in [-0.4, -0.2) is 22.6 Å². The summed E-state index contributed by atoms with van der Waals surface area (Å²) < 4.78 is 0.932. The van der Waals surface area contributed by atoms with Gasteiger partial charge in [-0.05, 0) is 41.6 Å². The lowest BCUT2D eigenvalue weighted by Crippen LogP contribution is -2.27. The minimum atomic E-state index is 0.588. The molecular formula is C11H17BrN4. The Balaban J connectivity index is 2.02. The van der Waals surface area contributed by atoms with Crippen LogP contribution < -0.4 is 10.6 Å². The standard InChI is InChI=1S/C11H17BrN4/c1-2-6-13-11-14-7-9(12)10(16-11)15-8-4-3-5-8/h7-8H,2-6H2,1H3,(H2,13,14,15,16). The summed E-state index contributed by atoms with van der Waals surface area (Å²) in [5, 5.41) is 6.61. The summed E-state index contributed by atoms with van der Waals surface area (Å²) in [4.78, 5) is 8.67. The first kappa shape index (κ1) is 11.6. The normalized spacial score (nSPS) is 15.6. The van der Waals surface area contributed by atoms with Gasteiger partial charge in [-0.1, -0.05) is 6.92 Å². The zero-order valence-electron chi connectivity index (χ0n) is 9.46. The van der Waals surface area contributed by atoms with Crippen LogP contribution >= 0.6 is 15.9 Å². The second-order valence-electron chi connectivity index (χ2n) is 4.09. The molecule has 1 saturated carbocycles. The van der Waals surface area contributed by atoms with Crippen LogP contribution in [0.1, 0.15) is 32.6 Å². The average molecular weight is 285 g/mol. The van der Waals surface area contributed by atoms with Gasteiger partial charge in [0.05, 0.1) is 4.47 Å². The third-order valence-electron chi connectivity index (χ3n) is 2.72. The van der Waals surface area contributed by atoms with Crippen molar-refractivity contribution >= 4 is 27.7 Å². The van der Waals surface area contributed by atoms with Gasteiger partial charge in [0.2, 0.25) is 5.95 Å². The first-order valence-corrected chi connectivity index (χ1v) is 6.62. The van der Waals surface area contributed by atoms with Crippen LogP contribution in [0.3, 0.4) is 0 Å². The average Bonchev–Trinajstić information content (AvgIpc) is 2.23. The van der Waals surface area contributed by atoms with Crippen molar-refractivity contribution in [2.75, 3.05) is 17.2 Å². The quantitative estimate of drug-likeness (QED) is 0.873. The maximum atomic E-state index is 4.45. The van der Waals surface area contributed by atoms with Gasteiger partial charge in [-0.2, -0.15) is 4.98 Å². The van der Waals surface area contributed by atoms with E-state index in [-0.39, 0.29) is 0 Å². The van der Waals surface area contributed by atoms with Crippen molar-refractivity contribution in [3.8, 4) is 0 Å². The fraction of sp³-hybridized carbons (Fsp3) is 0.636. The monoisotopic (exact) mass is 284 g/mol. The zero-order valence-corrected chi connectivity index (χ0v) is 11.0. The summed E-state index contributed by atoms with van der Waals surface area (Å²) >= 11 is 3.47. The Labute approximate surface area is 104 Å². The van der Waals surface area contributed by atoms with Crippen LogP contribution in [-0.2, 0) is 0 Å². The lowest BCUT2D eigenvalue weighted by atomic mass is 9.93. The van der Waals surface area contributed by atoms with Crippen molar-refractivity contribution in [3.05, 3.63) is 10.7 Å². The molecule has 0 spiro atoms. The summed E-state index contributed by atoms with van der Waals surface area (Å²) in [7, 11) is 0. The molecule has 1 heterocycles. The molecular weight excluding hydrogens is 268 g/mol. The molecule has 16 heavy (non-hydrogen) atoms. The number of halogens is 1. The van der Waals surface area contributed by atoms with Gasteiger partial charge in [0, 0.05) is 18.8 Å². The molecule has 1 fully saturated rings. The van der Waals surface area contributed by atoms with Crippen molar-refractivity contribution in [1.29, 1.82) is 0 Å². The first-order valence-electron chi connectivity index (χ1n) is 5.82. The van der Waals surface area contributed by atoms with Gasteiger partial charge in [0.1, 0.15) is 5.82 Å². The minimum Gasteiger partial charge on any atom is -0.366 e. The molecule has 1 aliphatic carbocycles. The maximum Gasteiger partial charge on any atom is 0.224 e. The fourth-order valence-electron chi connectivity index (χ4n) is 1.54. The van der Waals surface area contributed by atoms with Gasteiger partial charge >= 0.3 is 0 Å². The highest BCUT2D eigenvalue weighted by atomic mass is 79.9. The van der Waals surface area contributed by atoms with Crippen LogP contribution in [0.15, 0.2) is 10.7 Å². The minimum absolute atomic E-state index is 0.588. The van der Waals surface area contributed by atoms with Crippen molar-refractivity contribution in [2.24, 2.45) is 0 Å². The molecule has 0 saturated heterocycles. The van der Waals surface area contributed by atoms with Crippen molar-refractivity contribution in [1.82, 2.24) is 9.97 Å². The lowest BCUT2D eigenvalue weighted by Gasteiger charge is -2.27. The predicted octanol–water partition coefficient (Wildman–Crippen LogP) is 3.03. The molecule has 0 amide bonds. The van der Waals surface area contributed by atoms with E-state index >= 15 is 0 Å². The van der Waals surface area contributed by atoms with Gasteiger partial charge in [-0.25, -0.2) is 4.98 Å². The Morgan fingerprint density at radius 2 is 2.31 bits per heavy atom. The summed E-state index contributed by atoms with van der Waals surface area (Å²) in [5.74, 6) is 1.60. The van der Waals surface area contributed by atoms with E-state index in [1.807, 2.05) is 0 Å². The molecule has 0 unspecified atom stereocenters. The van der Waals surface area contributed by atoms with Gasteiger partial charge in [0.25, 0.3) is 0 Å². The number of hydrogen-bond acceptors (Lipinski definition) is 4. The maximum absolute atomic E-state index is 4.45. The Morgan fingerprint density at radius 1 is 1.50 bits per heavy atom. The molecule has 1 aromatic rings. The lowest BCUT2D eigenvalue weighted by molar-refractivity contribution is 0.444. The number of rotatable bonds is 5. The number of nitrogens with zero attached hydrogens (tertiary/aromatic N) is 2. The summed E-state index contributed by atoms with van der Waals surface area (Å²) in [6.07, 6.45) is 6.68. The molecule has 88 valence electrons. The second kappa shape index (κ2) is 5.48. The summed E-state index contributed by atoms with van der Waals surface area (Å²) in [6.45, 7) is 3.03. The molecule has 4 nitrogen and oxygen atoms in total. The molecule has 2 N–H and O–H groups in total. The second-order valence-corrected chi connectivity index (χ2v) is 4.94. The largest absolute Gasteiger partial charge is 0.366 e. The Bertz CT molecular complexity index is 352. The van der Waals surface area contributed by atoms with E-state index in [0.29, 0.717) is 12.0 Å². The van der Waals surface area contributed by atoms with Crippen LogP contribution in [0.25, 0.3) is 0 Å². The van der Waals surface area contributed by atoms with E-state index < -0.39 is 0 Å². The number of anilines is 2. The Hall–Kier alpha value is -0.840. The van der Waals surface area contributed by atoms with Crippen molar-refractivity contribution in [3.63, 3.8) is 0 Å². The van der Waals surface area contributed by atoms with Crippen LogP contribution in [0, 0.1) is 0 Å². The van der Waals surface area contributed by atoms with Gasteiger partial charge in [-0.15, -0.1) is 0 Å². The van der Waals surface area contributed by atoms with Gasteiger partial charge in [0.15, 0.2) is 0 Å². The number of nitrogens with one attached hydrogen (secondary N) is 2. The van der Waals surface area contributed by atoms with Crippen molar-refractivity contribution < 1.29 is 0 Å². The molecule has 1 aromatic heterocycles. The predicted molar refractivity (Wildman–Crippen MR) is 69.8 cm³/mol. The van der Waals surface area contributed by atoms with E-state index in [9.17, 15) is 0 Å². The molecule has 1 aliphatic rings. The molecule has 2 rings (SSSR count). The molecule has 0 radical (unpaired) electrons. The molecule has 5 heteroatoms. The Kier molecular flexibility index (Phi) is 3.98. The van der Waals surface area contributed by atoms with E-state index in [1.165, 1.54) is 19.3 Å². The van der Waals surface area contributed by atoms with E-state index in [0.717, 1.165) is 23.3 Å². The molecule has 0 aliphatic heterocycles. The summed E-state index contributed by atoms with van der Waals surface area (Å²) in [6, 6.07) is 0.588. The fourth-order valence-corrected chi connectivity index (χ4v) is 1.84. The topological polar surface area (TPSA) is 49.8 Å². The van der Waals surface area contributed by atoms with E-state index in [4.69, 9.17) is 0 Å². The number of aromatic nitrogens is 2. The third-order valence-corrected chi connectivity index (χ3v) is 3.30. The van der Waals surface area contributed by atoms with E-state index in [2.05, 4.69) is 43.5 Å². The first-order chi connectivity index (χ1) is 7.79. The van der Waals surface area contributed by atoms with Gasteiger partial charge in [-0.3, -0.25) is 0 Å². The zero-order chi connectivity index (χ0) is 11.4. The van der Waals surface area contributed by atoms with Crippen LogP contribution in [0.5, 0.6) is 0 Å². The molecule has 0 aromatic carbocycles. The van der Waals surface area contributed by atoms with Crippen molar-refractivity contribution in [2.45, 2.75) is 38.6 Å². The highest BCUT2D eigenvalue weighted by molar-refractivity contribution is 9.10. The highest BCUT2D eigenvalue weighted by Gasteiger charge is 2.18. The number of hydrogen-bond donors (Lipinski definition) is 2.